The lowest BCUT2D eigenvalue weighted by atomic mass is 9.91. The smallest absolute Gasteiger partial charge is 0.257 e. The summed E-state index contributed by atoms with van der Waals surface area (Å²) in [5.74, 6) is 0.616. The third-order valence-electron chi connectivity index (χ3n) is 7.51. The molecule has 0 bridgehead atoms. The van der Waals surface area contributed by atoms with Crippen LogP contribution in [0.3, 0.4) is 0 Å². The van der Waals surface area contributed by atoms with Crippen molar-refractivity contribution in [1.82, 2.24) is 19.9 Å². The Labute approximate surface area is 176 Å². The number of nitrogens with zero attached hydrogens (tertiary/aromatic N) is 3. The lowest BCUT2D eigenvalue weighted by molar-refractivity contribution is -0.174. The van der Waals surface area contributed by atoms with Crippen molar-refractivity contribution in [3.05, 3.63) is 30.1 Å². The molecule has 3 fully saturated rings. The van der Waals surface area contributed by atoms with E-state index in [1.165, 1.54) is 25.7 Å². The summed E-state index contributed by atoms with van der Waals surface area (Å²) in [7, 11) is 0. The molecule has 1 aromatic carbocycles. The van der Waals surface area contributed by atoms with Gasteiger partial charge in [-0.15, -0.1) is 0 Å². The van der Waals surface area contributed by atoms with Crippen molar-refractivity contribution in [2.75, 3.05) is 13.1 Å². The second-order valence-corrected chi connectivity index (χ2v) is 9.66. The van der Waals surface area contributed by atoms with Crippen LogP contribution < -0.4 is 0 Å². The SMILES string of the molecule is O=CN(O)C(=O)[C@H](CC1CCCC1)CN1CC2(CC2)C[C@H]1c1nc2ccccc2[nH]1. The Morgan fingerprint density at radius 2 is 2.10 bits per heavy atom. The van der Waals surface area contributed by atoms with Gasteiger partial charge in [0, 0.05) is 13.1 Å². The van der Waals surface area contributed by atoms with Gasteiger partial charge in [-0.2, -0.15) is 5.06 Å². The Balaban J connectivity index is 1.39. The van der Waals surface area contributed by atoms with E-state index in [2.05, 4.69) is 9.88 Å². The van der Waals surface area contributed by atoms with Crippen molar-refractivity contribution < 1.29 is 14.8 Å². The first-order valence-corrected chi connectivity index (χ1v) is 11.2. The number of hydroxylamine groups is 2. The van der Waals surface area contributed by atoms with Crippen LogP contribution in [-0.4, -0.2) is 50.5 Å². The molecular weight excluding hydrogens is 380 g/mol. The fraction of sp³-hybridized carbons (Fsp3) is 0.609. The van der Waals surface area contributed by atoms with Gasteiger partial charge in [-0.1, -0.05) is 37.8 Å². The Bertz CT molecular complexity index is 898. The number of imide groups is 1. The van der Waals surface area contributed by atoms with Gasteiger partial charge < -0.3 is 4.98 Å². The zero-order chi connectivity index (χ0) is 20.7. The summed E-state index contributed by atoms with van der Waals surface area (Å²) in [6.07, 6.45) is 9.12. The maximum absolute atomic E-state index is 12.8. The molecule has 2 atom stereocenters. The topological polar surface area (TPSA) is 89.5 Å². The molecule has 2 saturated carbocycles. The van der Waals surface area contributed by atoms with Gasteiger partial charge in [0.2, 0.25) is 6.41 Å². The normalized spacial score (nSPS) is 24.5. The highest BCUT2D eigenvalue weighted by molar-refractivity contribution is 5.86. The van der Waals surface area contributed by atoms with Crippen LogP contribution in [-0.2, 0) is 9.59 Å². The van der Waals surface area contributed by atoms with Crippen molar-refractivity contribution in [2.24, 2.45) is 17.3 Å². The van der Waals surface area contributed by atoms with Crippen LogP contribution in [0.1, 0.15) is 63.2 Å². The molecule has 0 radical (unpaired) electrons. The van der Waals surface area contributed by atoms with E-state index in [4.69, 9.17) is 4.98 Å². The van der Waals surface area contributed by atoms with Crippen molar-refractivity contribution >= 4 is 23.4 Å². The zero-order valence-corrected chi connectivity index (χ0v) is 17.3. The van der Waals surface area contributed by atoms with Crippen molar-refractivity contribution in [2.45, 2.75) is 57.4 Å². The van der Waals surface area contributed by atoms with Gasteiger partial charge in [-0.05, 0) is 49.1 Å². The predicted molar refractivity (Wildman–Crippen MR) is 111 cm³/mol. The molecule has 0 unspecified atom stereocenters. The highest BCUT2D eigenvalue weighted by Gasteiger charge is 2.53. The van der Waals surface area contributed by atoms with Gasteiger partial charge in [0.25, 0.3) is 5.91 Å². The van der Waals surface area contributed by atoms with Crippen LogP contribution in [0, 0.1) is 17.3 Å². The number of para-hydroxylation sites is 2. The number of aromatic amines is 1. The fourth-order valence-electron chi connectivity index (χ4n) is 5.70. The Morgan fingerprint density at radius 3 is 2.80 bits per heavy atom. The maximum Gasteiger partial charge on any atom is 0.257 e. The molecule has 5 rings (SSSR count). The molecule has 1 aliphatic heterocycles. The summed E-state index contributed by atoms with van der Waals surface area (Å²) in [6, 6.07) is 8.19. The molecular formula is C23H30N4O3. The second-order valence-electron chi connectivity index (χ2n) is 9.66. The number of amides is 2. The summed E-state index contributed by atoms with van der Waals surface area (Å²) in [5.41, 5.74) is 2.34. The third-order valence-corrected chi connectivity index (χ3v) is 7.51. The molecule has 1 aromatic heterocycles. The lowest BCUT2D eigenvalue weighted by Gasteiger charge is -2.29. The fourth-order valence-corrected chi connectivity index (χ4v) is 5.70. The number of carbonyl (C=O) groups is 2. The van der Waals surface area contributed by atoms with E-state index in [9.17, 15) is 14.8 Å². The van der Waals surface area contributed by atoms with E-state index < -0.39 is 5.91 Å². The molecule has 1 spiro atoms. The number of rotatable bonds is 7. The van der Waals surface area contributed by atoms with Gasteiger partial charge in [0.1, 0.15) is 5.82 Å². The standard InChI is InChI=1S/C23H30N4O3/c28-15-27(30)22(29)17(11-16-5-1-2-6-16)13-26-14-23(9-10-23)12-20(26)21-24-18-7-3-4-8-19(18)25-21/h3-4,7-8,15-17,20,30H,1-2,5-6,9-14H2,(H,24,25)/t17-,20+/m1/s1. The van der Waals surface area contributed by atoms with Crippen LogP contribution in [0.4, 0.5) is 0 Å². The minimum atomic E-state index is -0.475. The van der Waals surface area contributed by atoms with Crippen LogP contribution in [0.2, 0.25) is 0 Å². The lowest BCUT2D eigenvalue weighted by Crippen LogP contribution is -2.40. The molecule has 1 saturated heterocycles. The molecule has 160 valence electrons. The maximum atomic E-state index is 12.8. The number of likely N-dealkylation sites (tertiary alicyclic amines) is 1. The van der Waals surface area contributed by atoms with E-state index >= 15 is 0 Å². The summed E-state index contributed by atoms with van der Waals surface area (Å²) in [4.78, 5) is 34.6. The Hall–Kier alpha value is -2.25. The molecule has 2 heterocycles. The Kier molecular flexibility index (Phi) is 5.11. The van der Waals surface area contributed by atoms with E-state index in [0.717, 1.165) is 49.1 Å². The number of carbonyl (C=O) groups excluding carboxylic acids is 2. The summed E-state index contributed by atoms with van der Waals surface area (Å²) >= 11 is 0. The molecule has 2 aliphatic carbocycles. The first-order chi connectivity index (χ1) is 14.6. The van der Waals surface area contributed by atoms with Crippen LogP contribution in [0.5, 0.6) is 0 Å². The molecule has 2 amide bonds. The summed E-state index contributed by atoms with van der Waals surface area (Å²) in [6.45, 7) is 1.51. The van der Waals surface area contributed by atoms with Crippen LogP contribution in [0.25, 0.3) is 11.0 Å². The van der Waals surface area contributed by atoms with Gasteiger partial charge >= 0.3 is 0 Å². The van der Waals surface area contributed by atoms with E-state index in [-0.39, 0.29) is 23.4 Å². The predicted octanol–water partition coefficient (Wildman–Crippen LogP) is 3.66. The molecule has 2 aromatic rings. The number of H-pyrrole nitrogens is 1. The van der Waals surface area contributed by atoms with Crippen molar-refractivity contribution in [3.63, 3.8) is 0 Å². The number of hydrogen-bond donors (Lipinski definition) is 2. The molecule has 2 N–H and O–H groups in total. The minimum Gasteiger partial charge on any atom is -0.341 e. The quantitative estimate of drug-likeness (QED) is 0.413. The van der Waals surface area contributed by atoms with Crippen molar-refractivity contribution in [1.29, 1.82) is 0 Å². The van der Waals surface area contributed by atoms with E-state index in [1.807, 2.05) is 24.3 Å². The number of fused-ring (bicyclic) bond motifs is 1. The summed E-state index contributed by atoms with van der Waals surface area (Å²) < 4.78 is 0. The zero-order valence-electron chi connectivity index (χ0n) is 17.3. The number of hydrogen-bond acceptors (Lipinski definition) is 5. The number of nitrogens with one attached hydrogen (secondary N) is 1. The van der Waals surface area contributed by atoms with Gasteiger partial charge in [0.15, 0.2) is 0 Å². The summed E-state index contributed by atoms with van der Waals surface area (Å²) in [5, 5.41) is 10.1. The molecule has 3 aliphatic rings. The second kappa shape index (κ2) is 7.78. The third kappa shape index (κ3) is 3.76. The van der Waals surface area contributed by atoms with Crippen molar-refractivity contribution in [3.8, 4) is 0 Å². The minimum absolute atomic E-state index is 0.141. The average molecular weight is 411 g/mol. The highest BCUT2D eigenvalue weighted by Crippen LogP contribution is 2.58. The van der Waals surface area contributed by atoms with Gasteiger partial charge in [-0.3, -0.25) is 19.7 Å². The van der Waals surface area contributed by atoms with Crippen LogP contribution >= 0.6 is 0 Å². The first-order valence-electron chi connectivity index (χ1n) is 11.2. The molecule has 7 heteroatoms. The van der Waals surface area contributed by atoms with Gasteiger partial charge in [0.05, 0.1) is 23.0 Å². The highest BCUT2D eigenvalue weighted by atomic mass is 16.5. The number of benzene rings is 1. The van der Waals surface area contributed by atoms with Gasteiger partial charge in [-0.25, -0.2) is 4.98 Å². The molecule has 30 heavy (non-hydrogen) atoms. The largest absolute Gasteiger partial charge is 0.341 e. The number of aromatic nitrogens is 2. The average Bonchev–Trinajstić information content (AvgIpc) is 3.12. The molecule has 7 nitrogen and oxygen atoms in total. The van der Waals surface area contributed by atoms with E-state index in [0.29, 0.717) is 17.9 Å². The van der Waals surface area contributed by atoms with Crippen LogP contribution in [0.15, 0.2) is 24.3 Å². The van der Waals surface area contributed by atoms with E-state index in [1.54, 1.807) is 0 Å². The monoisotopic (exact) mass is 410 g/mol. The first kappa shape index (κ1) is 19.7. The number of imidazole rings is 1. The Morgan fingerprint density at radius 1 is 1.33 bits per heavy atom.